The fourth-order valence-corrected chi connectivity index (χ4v) is 3.31. The summed E-state index contributed by atoms with van der Waals surface area (Å²) in [5.74, 6) is -3.34. The number of hydrogen-bond acceptors (Lipinski definition) is 2. The molecule has 1 aliphatic heterocycles. The third-order valence-corrected chi connectivity index (χ3v) is 4.14. The molecule has 1 aliphatic carbocycles. The van der Waals surface area contributed by atoms with Gasteiger partial charge in [-0.15, -0.1) is 0 Å². The SMILES string of the molecule is O=C(O)C1CCC2CCCCC2N1C(=O)C(F)(F)F. The molecule has 0 bridgehead atoms. The quantitative estimate of drug-likeness (QED) is 0.800. The molecular weight excluding hydrogens is 263 g/mol. The minimum atomic E-state index is -5.01. The van der Waals surface area contributed by atoms with Gasteiger partial charge in [-0.25, -0.2) is 4.79 Å². The molecule has 108 valence electrons. The van der Waals surface area contributed by atoms with E-state index in [1.165, 1.54) is 0 Å². The van der Waals surface area contributed by atoms with Crippen molar-refractivity contribution in [1.29, 1.82) is 0 Å². The van der Waals surface area contributed by atoms with Crippen LogP contribution in [0.5, 0.6) is 0 Å². The Hall–Kier alpha value is -1.27. The zero-order valence-electron chi connectivity index (χ0n) is 10.3. The number of carbonyl (C=O) groups excluding carboxylic acids is 1. The summed E-state index contributed by atoms with van der Waals surface area (Å²) in [5.41, 5.74) is 0. The summed E-state index contributed by atoms with van der Waals surface area (Å²) in [6, 6.07) is -1.91. The monoisotopic (exact) mass is 279 g/mol. The van der Waals surface area contributed by atoms with Crippen molar-refractivity contribution in [2.24, 2.45) is 5.92 Å². The highest BCUT2D eigenvalue weighted by Crippen LogP contribution is 2.39. The van der Waals surface area contributed by atoms with Crippen LogP contribution in [-0.4, -0.2) is 40.1 Å². The Morgan fingerprint density at radius 2 is 1.68 bits per heavy atom. The van der Waals surface area contributed by atoms with E-state index in [-0.39, 0.29) is 12.3 Å². The molecule has 1 saturated heterocycles. The van der Waals surface area contributed by atoms with Crippen LogP contribution in [0.3, 0.4) is 0 Å². The number of alkyl halides is 3. The molecule has 0 radical (unpaired) electrons. The first kappa shape index (κ1) is 14.1. The number of fused-ring (bicyclic) bond motifs is 1. The predicted molar refractivity (Wildman–Crippen MR) is 59.3 cm³/mol. The molecule has 2 fully saturated rings. The molecule has 0 aromatic heterocycles. The highest BCUT2D eigenvalue weighted by atomic mass is 19.4. The van der Waals surface area contributed by atoms with Crippen molar-refractivity contribution in [2.75, 3.05) is 0 Å². The molecule has 0 spiro atoms. The number of halogens is 3. The van der Waals surface area contributed by atoms with Gasteiger partial charge in [0.05, 0.1) is 0 Å². The number of carbonyl (C=O) groups is 2. The first-order valence-electron chi connectivity index (χ1n) is 6.44. The lowest BCUT2D eigenvalue weighted by atomic mass is 9.76. The largest absolute Gasteiger partial charge is 0.480 e. The summed E-state index contributed by atoms with van der Waals surface area (Å²) < 4.78 is 37.9. The molecule has 2 rings (SSSR count). The van der Waals surface area contributed by atoms with Crippen LogP contribution in [0.2, 0.25) is 0 Å². The van der Waals surface area contributed by atoms with Crippen LogP contribution in [0.1, 0.15) is 38.5 Å². The first-order valence-corrected chi connectivity index (χ1v) is 6.44. The summed E-state index contributed by atoms with van der Waals surface area (Å²) >= 11 is 0. The maximum absolute atomic E-state index is 12.6. The Kier molecular flexibility index (Phi) is 3.73. The molecule has 19 heavy (non-hydrogen) atoms. The molecule has 1 heterocycles. The summed E-state index contributed by atoms with van der Waals surface area (Å²) in [6.07, 6.45) is -1.38. The highest BCUT2D eigenvalue weighted by Gasteiger charge is 2.52. The molecule has 3 atom stereocenters. The van der Waals surface area contributed by atoms with Crippen LogP contribution in [-0.2, 0) is 9.59 Å². The van der Waals surface area contributed by atoms with Gasteiger partial charge in [-0.1, -0.05) is 12.8 Å². The van der Waals surface area contributed by atoms with Crippen LogP contribution in [0, 0.1) is 5.92 Å². The van der Waals surface area contributed by atoms with Gasteiger partial charge in [0, 0.05) is 6.04 Å². The zero-order chi connectivity index (χ0) is 14.2. The number of likely N-dealkylation sites (tertiary alicyclic amines) is 1. The summed E-state index contributed by atoms with van der Waals surface area (Å²) in [5, 5.41) is 9.05. The second kappa shape index (κ2) is 5.02. The van der Waals surface area contributed by atoms with Crippen molar-refractivity contribution >= 4 is 11.9 Å². The van der Waals surface area contributed by atoms with E-state index in [9.17, 15) is 22.8 Å². The summed E-state index contributed by atoms with van der Waals surface area (Å²) in [4.78, 5) is 23.2. The lowest BCUT2D eigenvalue weighted by molar-refractivity contribution is -0.197. The molecule has 4 nitrogen and oxygen atoms in total. The molecule has 1 N–H and O–H groups in total. The van der Waals surface area contributed by atoms with E-state index in [4.69, 9.17) is 5.11 Å². The van der Waals surface area contributed by atoms with Gasteiger partial charge in [-0.05, 0) is 31.6 Å². The Bertz CT molecular complexity index is 383. The number of hydrogen-bond donors (Lipinski definition) is 1. The van der Waals surface area contributed by atoms with E-state index >= 15 is 0 Å². The molecule has 1 amide bonds. The average molecular weight is 279 g/mol. The van der Waals surface area contributed by atoms with E-state index in [2.05, 4.69) is 0 Å². The molecule has 3 unspecified atom stereocenters. The Morgan fingerprint density at radius 1 is 1.05 bits per heavy atom. The second-order valence-electron chi connectivity index (χ2n) is 5.25. The smallest absolute Gasteiger partial charge is 0.471 e. The molecule has 1 saturated carbocycles. The second-order valence-corrected chi connectivity index (χ2v) is 5.25. The lowest BCUT2D eigenvalue weighted by Gasteiger charge is -2.47. The van der Waals surface area contributed by atoms with E-state index in [1.54, 1.807) is 0 Å². The standard InChI is InChI=1S/C12H16F3NO3/c13-12(14,15)11(19)16-8-4-2-1-3-7(8)5-6-9(16)10(17)18/h7-9H,1-6H2,(H,17,18). The predicted octanol–water partition coefficient (Wildman–Crippen LogP) is 2.18. The van der Waals surface area contributed by atoms with Crippen LogP contribution >= 0.6 is 0 Å². The number of rotatable bonds is 1. The molecule has 0 aromatic carbocycles. The minimum absolute atomic E-state index is 0.00986. The fourth-order valence-electron chi connectivity index (χ4n) is 3.31. The third kappa shape index (κ3) is 2.69. The van der Waals surface area contributed by atoms with Gasteiger partial charge in [0.15, 0.2) is 0 Å². The highest BCUT2D eigenvalue weighted by molar-refractivity contribution is 5.87. The Morgan fingerprint density at radius 3 is 2.26 bits per heavy atom. The Balaban J connectivity index is 2.29. The van der Waals surface area contributed by atoms with Crippen LogP contribution in [0.25, 0.3) is 0 Å². The molecule has 2 aliphatic rings. The average Bonchev–Trinajstić information content (AvgIpc) is 2.35. The fraction of sp³-hybridized carbons (Fsp3) is 0.833. The number of piperidine rings is 1. The third-order valence-electron chi connectivity index (χ3n) is 4.14. The topological polar surface area (TPSA) is 57.6 Å². The van der Waals surface area contributed by atoms with Crippen LogP contribution in [0.15, 0.2) is 0 Å². The number of aliphatic carboxylic acids is 1. The summed E-state index contributed by atoms with van der Waals surface area (Å²) in [6.45, 7) is 0. The van der Waals surface area contributed by atoms with E-state index < -0.39 is 30.1 Å². The minimum Gasteiger partial charge on any atom is -0.480 e. The van der Waals surface area contributed by atoms with Crippen molar-refractivity contribution in [3.8, 4) is 0 Å². The zero-order valence-corrected chi connectivity index (χ0v) is 10.3. The van der Waals surface area contributed by atoms with Gasteiger partial charge in [0.2, 0.25) is 0 Å². The maximum atomic E-state index is 12.6. The number of amides is 1. The van der Waals surface area contributed by atoms with Gasteiger partial charge in [0.25, 0.3) is 0 Å². The van der Waals surface area contributed by atoms with Crippen molar-refractivity contribution < 1.29 is 27.9 Å². The molecule has 0 aromatic rings. The van der Waals surface area contributed by atoms with Crippen molar-refractivity contribution in [1.82, 2.24) is 4.90 Å². The first-order chi connectivity index (χ1) is 8.82. The van der Waals surface area contributed by atoms with Gasteiger partial charge in [-0.2, -0.15) is 13.2 Å². The van der Waals surface area contributed by atoms with Crippen molar-refractivity contribution in [3.63, 3.8) is 0 Å². The van der Waals surface area contributed by atoms with E-state index in [0.29, 0.717) is 17.7 Å². The normalized spacial score (nSPS) is 31.7. The van der Waals surface area contributed by atoms with E-state index in [1.807, 2.05) is 0 Å². The van der Waals surface area contributed by atoms with Crippen molar-refractivity contribution in [2.45, 2.75) is 56.8 Å². The molecule has 7 heteroatoms. The summed E-state index contributed by atoms with van der Waals surface area (Å²) in [7, 11) is 0. The van der Waals surface area contributed by atoms with Gasteiger partial charge in [0.1, 0.15) is 6.04 Å². The van der Waals surface area contributed by atoms with Crippen molar-refractivity contribution in [3.05, 3.63) is 0 Å². The van der Waals surface area contributed by atoms with Gasteiger partial charge in [-0.3, -0.25) is 4.79 Å². The maximum Gasteiger partial charge on any atom is 0.471 e. The van der Waals surface area contributed by atoms with Gasteiger partial charge >= 0.3 is 18.1 Å². The molecular formula is C12H16F3NO3. The number of nitrogens with zero attached hydrogens (tertiary/aromatic N) is 1. The van der Waals surface area contributed by atoms with Crippen LogP contribution < -0.4 is 0 Å². The lowest BCUT2D eigenvalue weighted by Crippen LogP contribution is -2.60. The number of carboxylic acid groups (broad SMARTS) is 1. The van der Waals surface area contributed by atoms with Crippen LogP contribution in [0.4, 0.5) is 13.2 Å². The van der Waals surface area contributed by atoms with E-state index in [0.717, 1.165) is 19.3 Å². The Labute approximate surface area is 108 Å². The van der Waals surface area contributed by atoms with Gasteiger partial charge < -0.3 is 10.0 Å². The number of carboxylic acids is 1.